The summed E-state index contributed by atoms with van der Waals surface area (Å²) in [7, 11) is 0. The molecular formula is C15H12Cl2N4S. The molecule has 2 aromatic carbocycles. The summed E-state index contributed by atoms with van der Waals surface area (Å²) in [6.45, 7) is 0. The molecule has 0 radical (unpaired) electrons. The van der Waals surface area contributed by atoms with Crippen molar-refractivity contribution >= 4 is 53.0 Å². The number of hydrogen-bond donors (Lipinski definition) is 2. The minimum absolute atomic E-state index is 0.256. The maximum Gasteiger partial charge on any atom is 0.207 e. The van der Waals surface area contributed by atoms with Crippen LogP contribution in [0, 0.1) is 0 Å². The highest BCUT2D eigenvalue weighted by molar-refractivity contribution is 7.80. The van der Waals surface area contributed by atoms with E-state index in [4.69, 9.17) is 35.4 Å². The van der Waals surface area contributed by atoms with Gasteiger partial charge < -0.3 is 0 Å². The molecule has 2 rings (SSSR count). The van der Waals surface area contributed by atoms with Crippen LogP contribution in [0.1, 0.15) is 11.1 Å². The molecule has 0 atom stereocenters. The Kier molecular flexibility index (Phi) is 6.33. The summed E-state index contributed by atoms with van der Waals surface area (Å²) < 4.78 is 0. The number of benzene rings is 2. The van der Waals surface area contributed by atoms with E-state index in [0.717, 1.165) is 11.1 Å². The van der Waals surface area contributed by atoms with Crippen molar-refractivity contribution in [1.29, 1.82) is 0 Å². The number of nitrogens with one attached hydrogen (secondary N) is 2. The topological polar surface area (TPSA) is 48.8 Å². The van der Waals surface area contributed by atoms with E-state index in [1.165, 1.54) is 0 Å². The van der Waals surface area contributed by atoms with Crippen molar-refractivity contribution in [3.05, 3.63) is 69.7 Å². The second kappa shape index (κ2) is 8.48. The first-order valence-electron chi connectivity index (χ1n) is 6.28. The second-order valence-corrected chi connectivity index (χ2v) is 5.33. The minimum Gasteiger partial charge on any atom is -0.252 e. The fourth-order valence-electron chi connectivity index (χ4n) is 1.51. The average Bonchev–Trinajstić information content (AvgIpc) is 2.51. The molecular weight excluding hydrogens is 339 g/mol. The first-order chi connectivity index (χ1) is 10.7. The molecule has 0 fully saturated rings. The fraction of sp³-hybridized carbons (Fsp3) is 0. The highest BCUT2D eigenvalue weighted by atomic mass is 35.5. The SMILES string of the molecule is S=C(N/N=C\c1ccccc1Cl)N/N=C/c1ccccc1Cl. The van der Waals surface area contributed by atoms with Gasteiger partial charge in [-0.05, 0) is 24.4 Å². The van der Waals surface area contributed by atoms with Crippen LogP contribution in [0.3, 0.4) is 0 Å². The number of nitrogens with zero attached hydrogens (tertiary/aromatic N) is 2. The molecule has 0 heterocycles. The maximum atomic E-state index is 6.00. The van der Waals surface area contributed by atoms with Crippen LogP contribution in [-0.4, -0.2) is 17.5 Å². The van der Waals surface area contributed by atoms with Gasteiger partial charge in [-0.15, -0.1) is 0 Å². The predicted octanol–water partition coefficient (Wildman–Crippen LogP) is 3.83. The van der Waals surface area contributed by atoms with Gasteiger partial charge in [0.15, 0.2) is 0 Å². The Morgan fingerprint density at radius 2 is 1.23 bits per heavy atom. The quantitative estimate of drug-likeness (QED) is 0.500. The lowest BCUT2D eigenvalue weighted by atomic mass is 10.2. The normalized spacial score (nSPS) is 11.0. The highest BCUT2D eigenvalue weighted by Crippen LogP contribution is 2.12. The average molecular weight is 351 g/mol. The predicted molar refractivity (Wildman–Crippen MR) is 97.0 cm³/mol. The Bertz CT molecular complexity index is 657. The number of halogens is 2. The van der Waals surface area contributed by atoms with E-state index in [0.29, 0.717) is 10.0 Å². The Labute approximate surface area is 143 Å². The van der Waals surface area contributed by atoms with Crippen molar-refractivity contribution in [2.24, 2.45) is 10.2 Å². The fourth-order valence-corrected chi connectivity index (χ4v) is 1.98. The molecule has 0 aromatic heterocycles. The zero-order valence-corrected chi connectivity index (χ0v) is 13.7. The summed E-state index contributed by atoms with van der Waals surface area (Å²) in [4.78, 5) is 0. The summed E-state index contributed by atoms with van der Waals surface area (Å²) in [5.74, 6) is 0. The Morgan fingerprint density at radius 1 is 0.818 bits per heavy atom. The summed E-state index contributed by atoms with van der Waals surface area (Å²) in [5, 5.41) is 9.45. The number of thiocarbonyl (C=S) groups is 1. The molecule has 0 aliphatic carbocycles. The van der Waals surface area contributed by atoms with Crippen LogP contribution in [0.2, 0.25) is 10.0 Å². The summed E-state index contributed by atoms with van der Waals surface area (Å²) in [6.07, 6.45) is 3.15. The minimum atomic E-state index is 0.256. The second-order valence-electron chi connectivity index (χ2n) is 4.11. The lowest BCUT2D eigenvalue weighted by molar-refractivity contribution is 0.935. The van der Waals surface area contributed by atoms with Crippen LogP contribution in [0.4, 0.5) is 0 Å². The van der Waals surface area contributed by atoms with E-state index >= 15 is 0 Å². The Morgan fingerprint density at radius 3 is 1.64 bits per heavy atom. The first kappa shape index (κ1) is 16.4. The van der Waals surface area contributed by atoms with Crippen molar-refractivity contribution in [1.82, 2.24) is 10.9 Å². The third-order valence-electron chi connectivity index (χ3n) is 2.55. The van der Waals surface area contributed by atoms with Gasteiger partial charge in [-0.1, -0.05) is 59.6 Å². The molecule has 2 N–H and O–H groups in total. The van der Waals surface area contributed by atoms with Gasteiger partial charge >= 0.3 is 0 Å². The van der Waals surface area contributed by atoms with Crippen LogP contribution in [0.25, 0.3) is 0 Å². The number of rotatable bonds is 4. The van der Waals surface area contributed by atoms with Gasteiger partial charge in [0.25, 0.3) is 0 Å². The molecule has 0 amide bonds. The van der Waals surface area contributed by atoms with E-state index < -0.39 is 0 Å². The lowest BCUT2D eigenvalue weighted by Gasteiger charge is -2.02. The molecule has 0 aliphatic rings. The summed E-state index contributed by atoms with van der Waals surface area (Å²) in [5.41, 5.74) is 6.87. The third kappa shape index (κ3) is 5.11. The van der Waals surface area contributed by atoms with Gasteiger partial charge in [-0.3, -0.25) is 10.9 Å². The van der Waals surface area contributed by atoms with Crippen LogP contribution in [0.5, 0.6) is 0 Å². The molecule has 22 heavy (non-hydrogen) atoms. The van der Waals surface area contributed by atoms with Crippen molar-refractivity contribution < 1.29 is 0 Å². The molecule has 7 heteroatoms. The molecule has 0 aliphatic heterocycles. The van der Waals surface area contributed by atoms with Gasteiger partial charge in [-0.2, -0.15) is 10.2 Å². The molecule has 112 valence electrons. The van der Waals surface area contributed by atoms with Gasteiger partial charge in [0.2, 0.25) is 5.11 Å². The van der Waals surface area contributed by atoms with Gasteiger partial charge in [0.05, 0.1) is 12.4 Å². The van der Waals surface area contributed by atoms with Crippen molar-refractivity contribution in [3.63, 3.8) is 0 Å². The summed E-state index contributed by atoms with van der Waals surface area (Å²) in [6, 6.07) is 14.7. The van der Waals surface area contributed by atoms with Gasteiger partial charge in [-0.25, -0.2) is 0 Å². The Hall–Kier alpha value is -1.95. The number of hydrazone groups is 2. The molecule has 0 saturated heterocycles. The van der Waals surface area contributed by atoms with E-state index in [1.54, 1.807) is 24.6 Å². The molecule has 0 bridgehead atoms. The largest absolute Gasteiger partial charge is 0.252 e. The molecule has 0 saturated carbocycles. The van der Waals surface area contributed by atoms with Crippen LogP contribution >= 0.6 is 35.4 Å². The molecule has 0 spiro atoms. The van der Waals surface area contributed by atoms with E-state index in [2.05, 4.69) is 21.1 Å². The van der Waals surface area contributed by atoms with Crippen molar-refractivity contribution in [3.8, 4) is 0 Å². The maximum absolute atomic E-state index is 6.00. The monoisotopic (exact) mass is 350 g/mol. The highest BCUT2D eigenvalue weighted by Gasteiger charge is 1.96. The van der Waals surface area contributed by atoms with Crippen LogP contribution in [-0.2, 0) is 0 Å². The van der Waals surface area contributed by atoms with E-state index in [1.807, 2.05) is 36.4 Å². The zero-order valence-electron chi connectivity index (χ0n) is 11.3. The van der Waals surface area contributed by atoms with Crippen LogP contribution < -0.4 is 10.9 Å². The van der Waals surface area contributed by atoms with Crippen molar-refractivity contribution in [2.75, 3.05) is 0 Å². The molecule has 2 aromatic rings. The number of hydrogen-bond acceptors (Lipinski definition) is 3. The Balaban J connectivity index is 1.84. The molecule has 0 unspecified atom stereocenters. The smallest absolute Gasteiger partial charge is 0.207 e. The summed E-state index contributed by atoms with van der Waals surface area (Å²) >= 11 is 17.0. The standard InChI is InChI=1S/C15H12Cl2N4S/c16-13-7-3-1-5-11(13)9-18-20-15(22)21-19-10-12-6-2-4-8-14(12)17/h1-10H,(H2,20,21,22)/b18-9-,19-10+. The van der Waals surface area contributed by atoms with Crippen molar-refractivity contribution in [2.45, 2.75) is 0 Å². The first-order valence-corrected chi connectivity index (χ1v) is 7.44. The van der Waals surface area contributed by atoms with E-state index in [-0.39, 0.29) is 5.11 Å². The van der Waals surface area contributed by atoms with Crippen LogP contribution in [0.15, 0.2) is 58.7 Å². The van der Waals surface area contributed by atoms with E-state index in [9.17, 15) is 0 Å². The zero-order chi connectivity index (χ0) is 15.8. The van der Waals surface area contributed by atoms with Gasteiger partial charge in [0.1, 0.15) is 0 Å². The molecule has 4 nitrogen and oxygen atoms in total. The lowest BCUT2D eigenvalue weighted by Crippen LogP contribution is -2.28. The van der Waals surface area contributed by atoms with Gasteiger partial charge in [0, 0.05) is 21.2 Å². The third-order valence-corrected chi connectivity index (χ3v) is 3.42.